The van der Waals surface area contributed by atoms with E-state index in [1.165, 1.54) is 38.9 Å². The Labute approximate surface area is 144 Å². The Morgan fingerprint density at radius 2 is 1.65 bits per heavy atom. The maximum Gasteiger partial charge on any atom is 0.0446 e. The van der Waals surface area contributed by atoms with E-state index in [-0.39, 0.29) is 0 Å². The molecule has 1 saturated carbocycles. The van der Waals surface area contributed by atoms with Crippen LogP contribution in [0.4, 0.5) is 0 Å². The molecule has 3 heteroatoms. The van der Waals surface area contributed by atoms with Gasteiger partial charge in [-0.25, -0.2) is 0 Å². The summed E-state index contributed by atoms with van der Waals surface area (Å²) in [6, 6.07) is 1.25. The monoisotopic (exact) mass is 324 g/mol. The Morgan fingerprint density at radius 3 is 2.17 bits per heavy atom. The van der Waals surface area contributed by atoms with Gasteiger partial charge in [0.05, 0.1) is 0 Å². The van der Waals surface area contributed by atoms with Crippen molar-refractivity contribution in [2.45, 2.75) is 79.3 Å². The zero-order valence-electron chi connectivity index (χ0n) is 16.4. The van der Waals surface area contributed by atoms with Gasteiger partial charge in [-0.2, -0.15) is 0 Å². The van der Waals surface area contributed by atoms with Crippen LogP contribution in [0.3, 0.4) is 0 Å². The highest BCUT2D eigenvalue weighted by Crippen LogP contribution is 2.47. The molecule has 2 fully saturated rings. The van der Waals surface area contributed by atoms with Gasteiger partial charge in [-0.3, -0.25) is 9.80 Å². The van der Waals surface area contributed by atoms with Gasteiger partial charge in [-0.1, -0.05) is 41.5 Å². The van der Waals surface area contributed by atoms with E-state index in [4.69, 9.17) is 0 Å². The fraction of sp³-hybridized carbons (Fsp3) is 1.00. The summed E-state index contributed by atoms with van der Waals surface area (Å²) < 4.78 is 0. The molecule has 1 aliphatic heterocycles. The fourth-order valence-electron chi connectivity index (χ4n) is 5.43. The van der Waals surface area contributed by atoms with Crippen LogP contribution in [0.15, 0.2) is 0 Å². The smallest absolute Gasteiger partial charge is 0.0446 e. The molecule has 1 atom stereocenters. The van der Waals surface area contributed by atoms with Crippen LogP contribution in [0.2, 0.25) is 0 Å². The Hall–Kier alpha value is -0.120. The van der Waals surface area contributed by atoms with Gasteiger partial charge in [0.15, 0.2) is 0 Å². The van der Waals surface area contributed by atoms with E-state index >= 15 is 0 Å². The molecule has 0 aromatic carbocycles. The van der Waals surface area contributed by atoms with E-state index in [2.05, 4.69) is 51.3 Å². The molecule has 136 valence electrons. The minimum absolute atomic E-state index is 0.314. The van der Waals surface area contributed by atoms with Crippen LogP contribution in [0.25, 0.3) is 0 Å². The summed E-state index contributed by atoms with van der Waals surface area (Å²) in [5.41, 5.74) is 0.905. The molecule has 0 aromatic heterocycles. The van der Waals surface area contributed by atoms with Crippen molar-refractivity contribution >= 4 is 0 Å². The summed E-state index contributed by atoms with van der Waals surface area (Å²) in [6.45, 7) is 19.4. The summed E-state index contributed by atoms with van der Waals surface area (Å²) in [4.78, 5) is 5.37. The fourth-order valence-corrected chi connectivity index (χ4v) is 5.43. The third-order valence-corrected chi connectivity index (χ3v) is 5.75. The predicted molar refractivity (Wildman–Crippen MR) is 98.7 cm³/mol. The summed E-state index contributed by atoms with van der Waals surface area (Å²) in [7, 11) is 0. The Bertz CT molecular complexity index is 362. The third-order valence-electron chi connectivity index (χ3n) is 5.75. The highest BCUT2D eigenvalue weighted by atomic mass is 16.3. The summed E-state index contributed by atoms with van der Waals surface area (Å²) in [5.74, 6) is 0.704. The third kappa shape index (κ3) is 5.44. The van der Waals surface area contributed by atoms with E-state index in [9.17, 15) is 5.11 Å². The number of nitrogens with zero attached hydrogens (tertiary/aromatic N) is 2. The van der Waals surface area contributed by atoms with Gasteiger partial charge in [0.2, 0.25) is 0 Å². The standard InChI is InChI=1S/C20H40N2O/c1-16(2)13-21-8-9-22(14-17(21)7-10-23)18-11-19(3,4)15-20(5,6)12-18/h16-18,23H,7-15H2,1-6H3. The molecule has 0 amide bonds. The van der Waals surface area contributed by atoms with Crippen molar-refractivity contribution in [3.63, 3.8) is 0 Å². The first kappa shape index (κ1) is 19.2. The van der Waals surface area contributed by atoms with Crippen molar-refractivity contribution in [1.82, 2.24) is 9.80 Å². The minimum atomic E-state index is 0.314. The second kappa shape index (κ2) is 7.41. The van der Waals surface area contributed by atoms with Gasteiger partial charge in [-0.05, 0) is 42.4 Å². The van der Waals surface area contributed by atoms with Gasteiger partial charge in [0, 0.05) is 44.9 Å². The largest absolute Gasteiger partial charge is 0.396 e. The number of aliphatic hydroxyl groups is 1. The van der Waals surface area contributed by atoms with Gasteiger partial charge in [0.25, 0.3) is 0 Å². The van der Waals surface area contributed by atoms with Crippen LogP contribution in [-0.2, 0) is 0 Å². The summed E-state index contributed by atoms with van der Waals surface area (Å²) in [5, 5.41) is 9.49. The lowest BCUT2D eigenvalue weighted by Crippen LogP contribution is -2.58. The van der Waals surface area contributed by atoms with Crippen LogP contribution >= 0.6 is 0 Å². The van der Waals surface area contributed by atoms with Crippen molar-refractivity contribution in [3.05, 3.63) is 0 Å². The Kier molecular flexibility index (Phi) is 6.19. The maximum absolute atomic E-state index is 9.49. The average molecular weight is 325 g/mol. The van der Waals surface area contributed by atoms with Gasteiger partial charge < -0.3 is 5.11 Å². The van der Waals surface area contributed by atoms with Gasteiger partial charge in [-0.15, -0.1) is 0 Å². The molecule has 0 radical (unpaired) electrons. The van der Waals surface area contributed by atoms with E-state index in [0.717, 1.165) is 19.0 Å². The van der Waals surface area contributed by atoms with Crippen molar-refractivity contribution < 1.29 is 5.11 Å². The molecular weight excluding hydrogens is 284 g/mol. The molecule has 0 spiro atoms. The molecule has 2 rings (SSSR count). The van der Waals surface area contributed by atoms with E-state index in [0.29, 0.717) is 29.4 Å². The lowest BCUT2D eigenvalue weighted by molar-refractivity contribution is -0.0227. The van der Waals surface area contributed by atoms with Crippen LogP contribution < -0.4 is 0 Å². The normalized spacial score (nSPS) is 30.0. The van der Waals surface area contributed by atoms with Crippen LogP contribution in [0.1, 0.15) is 67.2 Å². The van der Waals surface area contributed by atoms with Crippen molar-refractivity contribution in [1.29, 1.82) is 0 Å². The first-order valence-corrected chi connectivity index (χ1v) is 9.71. The molecule has 0 bridgehead atoms. The lowest BCUT2D eigenvalue weighted by atomic mass is 9.63. The number of aliphatic hydroxyl groups excluding tert-OH is 1. The number of hydrogen-bond acceptors (Lipinski definition) is 3. The lowest BCUT2D eigenvalue weighted by Gasteiger charge is -2.52. The van der Waals surface area contributed by atoms with E-state index in [1.807, 2.05) is 0 Å². The van der Waals surface area contributed by atoms with Crippen LogP contribution in [0, 0.1) is 16.7 Å². The molecule has 1 heterocycles. The van der Waals surface area contributed by atoms with Crippen molar-refractivity contribution in [2.75, 3.05) is 32.8 Å². The van der Waals surface area contributed by atoms with Crippen molar-refractivity contribution in [3.8, 4) is 0 Å². The number of rotatable bonds is 5. The second-order valence-corrected chi connectivity index (χ2v) is 10.1. The summed E-state index contributed by atoms with van der Waals surface area (Å²) in [6.07, 6.45) is 4.91. The molecule has 0 aromatic rings. The average Bonchev–Trinajstić information content (AvgIpc) is 2.36. The first-order chi connectivity index (χ1) is 10.6. The maximum atomic E-state index is 9.49. The van der Waals surface area contributed by atoms with E-state index < -0.39 is 0 Å². The molecule has 1 aliphatic carbocycles. The topological polar surface area (TPSA) is 26.7 Å². The Balaban J connectivity index is 2.03. The highest BCUT2D eigenvalue weighted by Gasteiger charge is 2.42. The van der Waals surface area contributed by atoms with Crippen LogP contribution in [0.5, 0.6) is 0 Å². The second-order valence-electron chi connectivity index (χ2n) is 10.1. The number of piperazine rings is 1. The molecule has 1 unspecified atom stereocenters. The molecule has 23 heavy (non-hydrogen) atoms. The molecule has 1 saturated heterocycles. The first-order valence-electron chi connectivity index (χ1n) is 9.71. The SMILES string of the molecule is CC(C)CN1CCN(C2CC(C)(C)CC(C)(C)C2)CC1CCO. The zero-order valence-corrected chi connectivity index (χ0v) is 16.4. The quantitative estimate of drug-likeness (QED) is 0.837. The molecule has 3 nitrogen and oxygen atoms in total. The Morgan fingerprint density at radius 1 is 1.04 bits per heavy atom. The molecular formula is C20H40N2O. The van der Waals surface area contributed by atoms with Gasteiger partial charge in [0.1, 0.15) is 0 Å². The summed E-state index contributed by atoms with van der Waals surface area (Å²) >= 11 is 0. The number of hydrogen-bond donors (Lipinski definition) is 1. The minimum Gasteiger partial charge on any atom is -0.396 e. The molecule has 1 N–H and O–H groups in total. The zero-order chi connectivity index (χ0) is 17.3. The van der Waals surface area contributed by atoms with E-state index in [1.54, 1.807) is 0 Å². The predicted octanol–water partition coefficient (Wildman–Crippen LogP) is 3.62. The van der Waals surface area contributed by atoms with Crippen molar-refractivity contribution in [2.24, 2.45) is 16.7 Å². The highest BCUT2D eigenvalue weighted by molar-refractivity contribution is 4.95. The van der Waals surface area contributed by atoms with Crippen LogP contribution in [-0.4, -0.2) is 59.8 Å². The van der Waals surface area contributed by atoms with Gasteiger partial charge >= 0.3 is 0 Å². The molecule has 2 aliphatic rings.